The van der Waals surface area contributed by atoms with E-state index in [4.69, 9.17) is 0 Å². The van der Waals surface area contributed by atoms with Gasteiger partial charge in [0.05, 0.1) is 0 Å². The van der Waals surface area contributed by atoms with Crippen LogP contribution >= 0.6 is 0 Å². The molecule has 44 valence electrons. The molecule has 0 bridgehead atoms. The molecule has 10 heavy (non-hydrogen) atoms. The van der Waals surface area contributed by atoms with Crippen LogP contribution < -0.4 is 0 Å². The Hall–Kier alpha value is 3.97. The molecular formula is C3H3AlIn2MoOSn2. The maximum atomic E-state index is 9.75. The fourth-order valence-corrected chi connectivity index (χ4v) is 0. The van der Waals surface area contributed by atoms with Crippen molar-refractivity contribution in [2.75, 3.05) is 0 Å². The third kappa shape index (κ3) is 40.4. The fourth-order valence-electron chi connectivity index (χ4n) is 0. The van der Waals surface area contributed by atoms with Gasteiger partial charge in [0.15, 0.2) is 0 Å². The Labute approximate surface area is 154 Å². The van der Waals surface area contributed by atoms with Crippen LogP contribution in [0.4, 0.5) is 0 Å². The minimum Gasteiger partial charge on any atom is 0 e. The Bertz CT molecular complexity index is 75.5. The van der Waals surface area contributed by atoms with Crippen LogP contribution in [-0.4, -0.2) is 119 Å². The van der Waals surface area contributed by atoms with E-state index in [0.29, 0.717) is 24.4 Å². The first-order valence-corrected chi connectivity index (χ1v) is 2.84. The molecule has 0 aromatic heterocycles. The van der Waals surface area contributed by atoms with Gasteiger partial charge in [-0.1, -0.05) is 0 Å². The predicted octanol–water partition coefficient (Wildman–Crippen LogP) is -1.66. The normalized spacial score (nSPS) is 3.20. The summed E-state index contributed by atoms with van der Waals surface area (Å²) in [6.45, 7) is 3.24. The van der Waals surface area contributed by atoms with Gasteiger partial charge in [0, 0.05) is 112 Å². The van der Waals surface area contributed by atoms with Crippen molar-refractivity contribution in [3.63, 3.8) is 0 Å². The smallest absolute Gasteiger partial charge is 0 e. The van der Waals surface area contributed by atoms with Crippen LogP contribution in [0.15, 0.2) is 12.7 Å². The van der Waals surface area contributed by atoms with E-state index < -0.39 is 0 Å². The molecule has 0 heterocycles. The van der Waals surface area contributed by atoms with Gasteiger partial charge in [0.2, 0.25) is 0 Å². The van der Waals surface area contributed by atoms with Gasteiger partial charge in [0.1, 0.15) is 0 Å². The summed E-state index contributed by atoms with van der Waals surface area (Å²) in [5.74, 6) is 0. The summed E-state index contributed by atoms with van der Waals surface area (Å²) in [5.41, 5.74) is 0. The van der Waals surface area contributed by atoms with Gasteiger partial charge >= 0.3 is 45.4 Å². The summed E-state index contributed by atoms with van der Waals surface area (Å²) in [6, 6.07) is 0. The van der Waals surface area contributed by atoms with Crippen LogP contribution in [0.1, 0.15) is 0 Å². The molecule has 0 spiro atoms. The Morgan fingerprint density at radius 3 is 1.50 bits per heavy atom. The third-order valence-electron chi connectivity index (χ3n) is 0.201. The van der Waals surface area contributed by atoms with E-state index in [1.54, 1.807) is 0 Å². The molecule has 0 aliphatic carbocycles. The summed E-state index contributed by atoms with van der Waals surface area (Å²) in [7, 11) is 0. The Morgan fingerprint density at radius 2 is 1.50 bits per heavy atom. The van der Waals surface area contributed by atoms with Crippen LogP contribution in [-0.2, 0) is 25.9 Å². The number of carbonyl (C=O) groups is 1. The molecule has 0 aromatic carbocycles. The quantitative estimate of drug-likeness (QED) is 0.247. The first-order valence-electron chi connectivity index (χ1n) is 1.19. The molecular weight excluding hydrogens is 642 g/mol. The zero-order valence-electron chi connectivity index (χ0n) is 5.33. The zero-order chi connectivity index (χ0) is 4.28. The van der Waals surface area contributed by atoms with E-state index in [1.807, 2.05) is 0 Å². The molecule has 0 atom stereocenters. The Morgan fingerprint density at radius 1 is 1.40 bits per heavy atom. The SMILES string of the molecule is C=C[C](=O)[In].[Al].[In].[Mo].[Sn].[Sn]. The maximum absolute atomic E-state index is 9.75. The molecule has 7 heteroatoms. The summed E-state index contributed by atoms with van der Waals surface area (Å²) in [5, 5.41) is 0. The van der Waals surface area contributed by atoms with E-state index in [2.05, 4.69) is 6.58 Å². The number of hydrogen-bond acceptors (Lipinski definition) is 1. The molecule has 0 rings (SSSR count). The van der Waals surface area contributed by atoms with Gasteiger partial charge < -0.3 is 0 Å². The average molecular weight is 645 g/mol. The minimum absolute atomic E-state index is 0. The van der Waals surface area contributed by atoms with Gasteiger partial charge in [-0.05, 0) is 0 Å². The minimum atomic E-state index is 0. The molecule has 0 N–H and O–H groups in total. The van der Waals surface area contributed by atoms with Crippen molar-refractivity contribution in [3.05, 3.63) is 12.7 Å². The number of allylic oxidation sites excluding steroid dienone is 1. The van der Waals surface area contributed by atoms with Gasteiger partial charge in [-0.3, -0.25) is 0 Å². The van der Waals surface area contributed by atoms with Crippen LogP contribution in [0.3, 0.4) is 0 Å². The van der Waals surface area contributed by atoms with Crippen molar-refractivity contribution >= 4 is 119 Å². The second-order valence-electron chi connectivity index (χ2n) is 0.606. The first kappa shape index (κ1) is 37.0. The molecule has 0 aliphatic rings. The van der Waals surface area contributed by atoms with Gasteiger partial charge in [-0.15, -0.1) is 0 Å². The Kier molecular flexibility index (Phi) is 108. The van der Waals surface area contributed by atoms with Crippen molar-refractivity contribution in [1.29, 1.82) is 0 Å². The molecule has 0 amide bonds. The fraction of sp³-hybridized carbons (Fsp3) is 0. The summed E-state index contributed by atoms with van der Waals surface area (Å²) >= 11 is 0.667. The molecule has 1 nitrogen and oxygen atoms in total. The monoisotopic (exact) mass is 650 g/mol. The van der Waals surface area contributed by atoms with Crippen LogP contribution in [0.25, 0.3) is 0 Å². The summed E-state index contributed by atoms with van der Waals surface area (Å²) in [6.07, 6.45) is 1.34. The van der Waals surface area contributed by atoms with Crippen molar-refractivity contribution < 1.29 is 25.9 Å². The van der Waals surface area contributed by atoms with Crippen LogP contribution in [0.2, 0.25) is 0 Å². The predicted molar refractivity (Wildman–Crippen MR) is 44.0 cm³/mol. The number of carbonyl (C=O) groups excluding carboxylic acids is 1. The molecule has 0 saturated carbocycles. The average Bonchev–Trinajstić information content (AvgIpc) is 1.38. The zero-order valence-corrected chi connectivity index (χ0v) is 20.8. The molecule has 0 saturated heterocycles. The largest absolute Gasteiger partial charge is 0 e. The van der Waals surface area contributed by atoms with Crippen LogP contribution in [0.5, 0.6) is 0 Å². The Balaban J connectivity index is -0.00000000800. The first-order chi connectivity index (χ1) is 2.27. The van der Waals surface area contributed by atoms with E-state index in [1.165, 1.54) is 6.08 Å². The van der Waals surface area contributed by atoms with Crippen molar-refractivity contribution in [2.45, 2.75) is 0 Å². The summed E-state index contributed by atoms with van der Waals surface area (Å²) in [4.78, 5) is 9.75. The standard InChI is InChI=1S/C3H3O.Al.2In.Mo.2Sn/c1-2-3-4;;;;;;/h2H,1H2;;;;;;. The van der Waals surface area contributed by atoms with E-state index >= 15 is 0 Å². The van der Waals surface area contributed by atoms with E-state index in [-0.39, 0.29) is 116 Å². The maximum Gasteiger partial charge on any atom is 0 e. The van der Waals surface area contributed by atoms with Gasteiger partial charge in [-0.2, -0.15) is 0 Å². The molecule has 16 radical (unpaired) electrons. The molecule has 0 aromatic rings. The van der Waals surface area contributed by atoms with Crippen molar-refractivity contribution in [1.82, 2.24) is 0 Å². The molecule has 0 aliphatic heterocycles. The van der Waals surface area contributed by atoms with E-state index in [0.717, 1.165) is 0 Å². The molecule has 0 fully saturated rings. The van der Waals surface area contributed by atoms with Crippen molar-refractivity contribution in [2.24, 2.45) is 0 Å². The topological polar surface area (TPSA) is 17.1 Å². The number of hydrogen-bond donors (Lipinski definition) is 0. The number of rotatable bonds is 1. The van der Waals surface area contributed by atoms with Crippen LogP contribution in [0, 0.1) is 0 Å². The van der Waals surface area contributed by atoms with E-state index in [9.17, 15) is 4.79 Å². The second kappa shape index (κ2) is 29.3. The second-order valence-corrected chi connectivity index (χ2v) is 2.23. The summed E-state index contributed by atoms with van der Waals surface area (Å²) < 4.78 is 0.149. The third-order valence-corrected chi connectivity index (χ3v) is 0.874. The van der Waals surface area contributed by atoms with Gasteiger partial charge in [0.25, 0.3) is 0 Å². The molecule has 0 unspecified atom stereocenters. The van der Waals surface area contributed by atoms with Crippen molar-refractivity contribution in [3.8, 4) is 0 Å². The van der Waals surface area contributed by atoms with Gasteiger partial charge in [-0.25, -0.2) is 0 Å².